The summed E-state index contributed by atoms with van der Waals surface area (Å²) in [4.78, 5) is 18.9. The molecule has 0 fully saturated rings. The summed E-state index contributed by atoms with van der Waals surface area (Å²) in [5.41, 5.74) is 4.28. The Labute approximate surface area is 175 Å². The topological polar surface area (TPSA) is 54.5 Å². The standard InChI is InChI=1S/C22H29N3O2.C2H6/c1-16-20-12-19(14-24-21(26)27-22(2,3)4)23-13-18(20)10-11-25(16)15-17-8-6-5-7-9-17;1-2/h5-9,12-13,16H,10-11,14-15H2,1-4H3,(H,24,26);1-2H3. The van der Waals surface area contributed by atoms with Crippen molar-refractivity contribution in [3.05, 3.63) is 65.0 Å². The first kappa shape index (κ1) is 22.9. The van der Waals surface area contributed by atoms with Crippen LogP contribution in [-0.4, -0.2) is 28.1 Å². The number of amides is 1. The number of fused-ring (bicyclic) bond motifs is 1. The van der Waals surface area contributed by atoms with Gasteiger partial charge in [0.2, 0.25) is 0 Å². The normalized spacial score (nSPS) is 16.3. The van der Waals surface area contributed by atoms with Crippen LogP contribution in [0.3, 0.4) is 0 Å². The van der Waals surface area contributed by atoms with E-state index in [4.69, 9.17) is 4.74 Å². The number of rotatable bonds is 4. The van der Waals surface area contributed by atoms with E-state index < -0.39 is 11.7 Å². The molecule has 0 aliphatic carbocycles. The van der Waals surface area contributed by atoms with Crippen LogP contribution in [0.25, 0.3) is 0 Å². The predicted molar refractivity (Wildman–Crippen MR) is 118 cm³/mol. The Morgan fingerprint density at radius 3 is 2.59 bits per heavy atom. The third-order valence-electron chi connectivity index (χ3n) is 4.79. The number of pyridine rings is 1. The molecule has 5 nitrogen and oxygen atoms in total. The molecule has 5 heteroatoms. The Balaban J connectivity index is 0.00000145. The predicted octanol–water partition coefficient (Wildman–Crippen LogP) is 5.25. The highest BCUT2D eigenvalue weighted by Gasteiger charge is 2.24. The molecule has 0 bridgehead atoms. The van der Waals surface area contributed by atoms with Gasteiger partial charge in [0.25, 0.3) is 0 Å². The average Bonchev–Trinajstić information content (AvgIpc) is 2.70. The number of alkyl carbamates (subject to hydrolysis) is 1. The number of nitrogens with one attached hydrogen (secondary N) is 1. The van der Waals surface area contributed by atoms with Gasteiger partial charge in [0.1, 0.15) is 5.60 Å². The molecule has 1 atom stereocenters. The van der Waals surface area contributed by atoms with Crippen LogP contribution in [0.5, 0.6) is 0 Å². The molecule has 1 unspecified atom stereocenters. The molecule has 2 aromatic rings. The molecule has 3 rings (SSSR count). The molecule has 29 heavy (non-hydrogen) atoms. The average molecular weight is 398 g/mol. The van der Waals surface area contributed by atoms with Crippen LogP contribution in [0.15, 0.2) is 42.6 Å². The van der Waals surface area contributed by atoms with Gasteiger partial charge in [-0.15, -0.1) is 0 Å². The number of carbonyl (C=O) groups excluding carboxylic acids is 1. The highest BCUT2D eigenvalue weighted by Crippen LogP contribution is 2.30. The Kier molecular flexibility index (Phi) is 8.21. The van der Waals surface area contributed by atoms with Gasteiger partial charge in [-0.1, -0.05) is 44.2 Å². The second-order valence-corrected chi connectivity index (χ2v) is 8.11. The molecule has 1 aliphatic heterocycles. The third-order valence-corrected chi connectivity index (χ3v) is 4.79. The van der Waals surface area contributed by atoms with E-state index in [2.05, 4.69) is 52.5 Å². The van der Waals surface area contributed by atoms with Gasteiger partial charge in [-0.05, 0) is 56.9 Å². The lowest BCUT2D eigenvalue weighted by atomic mass is 9.94. The highest BCUT2D eigenvalue weighted by molar-refractivity contribution is 5.67. The summed E-state index contributed by atoms with van der Waals surface area (Å²) >= 11 is 0. The van der Waals surface area contributed by atoms with Gasteiger partial charge in [-0.25, -0.2) is 4.79 Å². The molecule has 0 saturated carbocycles. The van der Waals surface area contributed by atoms with E-state index in [0.717, 1.165) is 25.2 Å². The van der Waals surface area contributed by atoms with Crippen molar-refractivity contribution in [1.29, 1.82) is 0 Å². The molecule has 0 spiro atoms. The first-order valence-corrected chi connectivity index (χ1v) is 10.5. The molecule has 1 amide bonds. The first-order chi connectivity index (χ1) is 13.8. The fourth-order valence-corrected chi connectivity index (χ4v) is 3.40. The first-order valence-electron chi connectivity index (χ1n) is 10.5. The fraction of sp³-hybridized carbons (Fsp3) is 0.500. The maximum atomic E-state index is 11.9. The van der Waals surface area contributed by atoms with Crippen molar-refractivity contribution in [3.8, 4) is 0 Å². The lowest BCUT2D eigenvalue weighted by Crippen LogP contribution is -2.34. The second kappa shape index (κ2) is 10.4. The van der Waals surface area contributed by atoms with Crippen LogP contribution < -0.4 is 5.32 Å². The van der Waals surface area contributed by atoms with E-state index >= 15 is 0 Å². The zero-order chi connectivity index (χ0) is 21.4. The Morgan fingerprint density at radius 2 is 1.93 bits per heavy atom. The van der Waals surface area contributed by atoms with Gasteiger partial charge in [0.15, 0.2) is 0 Å². The van der Waals surface area contributed by atoms with Gasteiger partial charge in [-0.3, -0.25) is 9.88 Å². The van der Waals surface area contributed by atoms with E-state index in [0.29, 0.717) is 12.6 Å². The number of nitrogens with zero attached hydrogens (tertiary/aromatic N) is 2. The SMILES string of the molecule is CC.CC1c2cc(CNC(=O)OC(C)(C)C)ncc2CCN1Cc1ccccc1. The molecule has 1 aromatic carbocycles. The van der Waals surface area contributed by atoms with Crippen molar-refractivity contribution in [2.75, 3.05) is 6.54 Å². The quantitative estimate of drug-likeness (QED) is 0.765. The molecular formula is C24H35N3O2. The van der Waals surface area contributed by atoms with Crippen LogP contribution in [-0.2, 0) is 24.2 Å². The summed E-state index contributed by atoms with van der Waals surface area (Å²) in [6, 6.07) is 13.0. The summed E-state index contributed by atoms with van der Waals surface area (Å²) in [6.45, 7) is 14.1. The maximum absolute atomic E-state index is 11.9. The maximum Gasteiger partial charge on any atom is 0.407 e. The summed E-state index contributed by atoms with van der Waals surface area (Å²) < 4.78 is 5.29. The van der Waals surface area contributed by atoms with Crippen LogP contribution in [0.4, 0.5) is 4.79 Å². The number of ether oxygens (including phenoxy) is 1. The van der Waals surface area contributed by atoms with E-state index in [1.807, 2.05) is 46.9 Å². The van der Waals surface area contributed by atoms with E-state index in [-0.39, 0.29) is 0 Å². The number of hydrogen-bond acceptors (Lipinski definition) is 4. The van der Waals surface area contributed by atoms with Crippen molar-refractivity contribution in [3.63, 3.8) is 0 Å². The van der Waals surface area contributed by atoms with E-state index in [1.54, 1.807) is 0 Å². The summed E-state index contributed by atoms with van der Waals surface area (Å²) in [6.07, 6.45) is 2.54. The largest absolute Gasteiger partial charge is 0.444 e. The Bertz CT molecular complexity index is 784. The molecular weight excluding hydrogens is 362 g/mol. The van der Waals surface area contributed by atoms with Crippen molar-refractivity contribution >= 4 is 6.09 Å². The number of aromatic nitrogens is 1. The Morgan fingerprint density at radius 1 is 1.24 bits per heavy atom. The van der Waals surface area contributed by atoms with E-state index in [1.165, 1.54) is 16.7 Å². The molecule has 0 radical (unpaired) electrons. The summed E-state index contributed by atoms with van der Waals surface area (Å²) in [5, 5.41) is 2.79. The van der Waals surface area contributed by atoms with Crippen molar-refractivity contribution < 1.29 is 9.53 Å². The van der Waals surface area contributed by atoms with Crippen molar-refractivity contribution in [1.82, 2.24) is 15.2 Å². The fourth-order valence-electron chi connectivity index (χ4n) is 3.40. The van der Waals surface area contributed by atoms with E-state index in [9.17, 15) is 4.79 Å². The van der Waals surface area contributed by atoms with Crippen LogP contribution in [0.1, 0.15) is 70.0 Å². The van der Waals surface area contributed by atoms with Crippen molar-refractivity contribution in [2.24, 2.45) is 0 Å². The smallest absolute Gasteiger partial charge is 0.407 e. The zero-order valence-corrected chi connectivity index (χ0v) is 18.7. The highest BCUT2D eigenvalue weighted by atomic mass is 16.6. The minimum atomic E-state index is -0.500. The van der Waals surface area contributed by atoms with Crippen LogP contribution in [0, 0.1) is 0 Å². The van der Waals surface area contributed by atoms with Gasteiger partial charge in [0, 0.05) is 25.3 Å². The lowest BCUT2D eigenvalue weighted by molar-refractivity contribution is 0.0523. The molecule has 2 heterocycles. The molecule has 1 aromatic heterocycles. The molecule has 0 saturated heterocycles. The zero-order valence-electron chi connectivity index (χ0n) is 18.7. The summed E-state index contributed by atoms with van der Waals surface area (Å²) in [7, 11) is 0. The lowest BCUT2D eigenvalue weighted by Gasteiger charge is -2.35. The minimum Gasteiger partial charge on any atom is -0.444 e. The van der Waals surface area contributed by atoms with Crippen LogP contribution in [0.2, 0.25) is 0 Å². The number of hydrogen-bond donors (Lipinski definition) is 1. The van der Waals surface area contributed by atoms with Gasteiger partial charge >= 0.3 is 6.09 Å². The summed E-state index contributed by atoms with van der Waals surface area (Å²) in [5.74, 6) is 0. The van der Waals surface area contributed by atoms with Crippen LogP contribution >= 0.6 is 0 Å². The van der Waals surface area contributed by atoms with Gasteiger partial charge < -0.3 is 10.1 Å². The molecule has 1 N–H and O–H groups in total. The minimum absolute atomic E-state index is 0.317. The third kappa shape index (κ3) is 6.86. The monoisotopic (exact) mass is 397 g/mol. The number of carbonyl (C=O) groups is 1. The van der Waals surface area contributed by atoms with Gasteiger partial charge in [0.05, 0.1) is 12.2 Å². The van der Waals surface area contributed by atoms with Gasteiger partial charge in [-0.2, -0.15) is 0 Å². The number of benzene rings is 1. The molecule has 1 aliphatic rings. The second-order valence-electron chi connectivity index (χ2n) is 8.11. The molecule has 158 valence electrons. The Hall–Kier alpha value is -2.40. The van der Waals surface area contributed by atoms with Crippen molar-refractivity contribution in [2.45, 2.75) is 72.7 Å².